The molecule has 8 heteroatoms. The molecule has 0 atom stereocenters. The first-order valence-corrected chi connectivity index (χ1v) is 5.92. The lowest BCUT2D eigenvalue weighted by Gasteiger charge is -2.06. The van der Waals surface area contributed by atoms with Gasteiger partial charge in [-0.25, -0.2) is 9.97 Å². The predicted molar refractivity (Wildman–Crippen MR) is 71.1 cm³/mol. The van der Waals surface area contributed by atoms with Gasteiger partial charge in [-0.2, -0.15) is 0 Å². The second kappa shape index (κ2) is 5.28. The van der Waals surface area contributed by atoms with E-state index in [1.807, 2.05) is 6.07 Å². The largest absolute Gasteiger partial charge is 0.348 e. The molecule has 2 rings (SSSR count). The van der Waals surface area contributed by atoms with E-state index in [-0.39, 0.29) is 16.7 Å². The topological polar surface area (TPSA) is 81.0 Å². The Morgan fingerprint density at radius 2 is 2.17 bits per heavy atom. The molecule has 1 heterocycles. The van der Waals surface area contributed by atoms with Crippen molar-refractivity contribution in [1.82, 2.24) is 9.97 Å². The quantitative estimate of drug-likeness (QED) is 0.529. The van der Waals surface area contributed by atoms with Crippen molar-refractivity contribution in [3.8, 4) is 0 Å². The zero-order valence-corrected chi connectivity index (χ0v) is 11.1. The number of rotatable bonds is 3. The minimum Gasteiger partial charge on any atom is -0.334 e. The Morgan fingerprint density at radius 1 is 1.39 bits per heavy atom. The summed E-state index contributed by atoms with van der Waals surface area (Å²) in [7, 11) is 0. The summed E-state index contributed by atoms with van der Waals surface area (Å²) < 4.78 is 0.843. The van der Waals surface area contributed by atoms with E-state index in [1.165, 1.54) is 0 Å². The van der Waals surface area contributed by atoms with Crippen LogP contribution in [-0.4, -0.2) is 14.9 Å². The van der Waals surface area contributed by atoms with Crippen LogP contribution in [0.3, 0.4) is 0 Å². The van der Waals surface area contributed by atoms with Crippen molar-refractivity contribution in [3.63, 3.8) is 0 Å². The van der Waals surface area contributed by atoms with Gasteiger partial charge in [0, 0.05) is 10.2 Å². The molecule has 0 amide bonds. The molecule has 0 aliphatic heterocycles. The van der Waals surface area contributed by atoms with Gasteiger partial charge in [0.15, 0.2) is 0 Å². The third-order valence-electron chi connectivity index (χ3n) is 2.05. The summed E-state index contributed by atoms with van der Waals surface area (Å²) in [6.07, 6.45) is 1.16. The molecule has 0 bridgehead atoms. The predicted octanol–water partition coefficient (Wildman–Crippen LogP) is 3.54. The van der Waals surface area contributed by atoms with Crippen molar-refractivity contribution in [2.75, 3.05) is 5.32 Å². The SMILES string of the molecule is O=[N+]([O-])c1c(Cl)ncnc1Nc1cccc(Br)c1. The summed E-state index contributed by atoms with van der Waals surface area (Å²) >= 11 is 8.98. The van der Waals surface area contributed by atoms with Gasteiger partial charge in [-0.15, -0.1) is 0 Å². The number of hydrogen-bond acceptors (Lipinski definition) is 5. The third kappa shape index (κ3) is 2.74. The van der Waals surface area contributed by atoms with Crippen LogP contribution in [0.1, 0.15) is 0 Å². The summed E-state index contributed by atoms with van der Waals surface area (Å²) in [5.41, 5.74) is 0.307. The van der Waals surface area contributed by atoms with Crippen LogP contribution >= 0.6 is 27.5 Å². The van der Waals surface area contributed by atoms with Crippen LogP contribution in [0.15, 0.2) is 35.1 Å². The highest BCUT2D eigenvalue weighted by atomic mass is 79.9. The van der Waals surface area contributed by atoms with Gasteiger partial charge in [0.1, 0.15) is 6.33 Å². The molecule has 18 heavy (non-hydrogen) atoms. The van der Waals surface area contributed by atoms with Crippen LogP contribution in [0.2, 0.25) is 5.15 Å². The fourth-order valence-electron chi connectivity index (χ4n) is 1.31. The van der Waals surface area contributed by atoms with Crippen molar-refractivity contribution in [3.05, 3.63) is 50.3 Å². The van der Waals surface area contributed by atoms with Gasteiger partial charge in [0.25, 0.3) is 0 Å². The monoisotopic (exact) mass is 328 g/mol. The van der Waals surface area contributed by atoms with E-state index in [1.54, 1.807) is 18.2 Å². The molecule has 1 N–H and O–H groups in total. The molecule has 0 saturated carbocycles. The molecule has 6 nitrogen and oxygen atoms in total. The minimum absolute atomic E-state index is 0.0538. The molecule has 1 aromatic carbocycles. The Bertz CT molecular complexity index is 608. The van der Waals surface area contributed by atoms with Crippen LogP contribution in [0, 0.1) is 10.1 Å². The molecular formula is C10H6BrClN4O2. The molecule has 92 valence electrons. The van der Waals surface area contributed by atoms with Gasteiger partial charge in [-0.3, -0.25) is 10.1 Å². The van der Waals surface area contributed by atoms with Crippen molar-refractivity contribution >= 4 is 44.7 Å². The first-order chi connectivity index (χ1) is 8.58. The summed E-state index contributed by atoms with van der Waals surface area (Å²) in [6, 6.07) is 7.15. The Morgan fingerprint density at radius 3 is 2.83 bits per heavy atom. The number of nitro groups is 1. The summed E-state index contributed by atoms with van der Waals surface area (Å²) in [5, 5.41) is 13.5. The zero-order valence-electron chi connectivity index (χ0n) is 8.80. The van der Waals surface area contributed by atoms with E-state index in [9.17, 15) is 10.1 Å². The van der Waals surface area contributed by atoms with E-state index < -0.39 is 4.92 Å². The third-order valence-corrected chi connectivity index (χ3v) is 2.82. The van der Waals surface area contributed by atoms with Gasteiger partial charge in [0.2, 0.25) is 11.0 Å². The molecule has 0 saturated heterocycles. The standard InChI is InChI=1S/C10H6BrClN4O2/c11-6-2-1-3-7(4-6)15-10-8(16(17)18)9(12)13-5-14-10/h1-5H,(H,13,14,15). The highest BCUT2D eigenvalue weighted by molar-refractivity contribution is 9.10. The maximum atomic E-state index is 10.9. The van der Waals surface area contributed by atoms with Crippen molar-refractivity contribution in [2.45, 2.75) is 0 Å². The van der Waals surface area contributed by atoms with Crippen LogP contribution in [0.5, 0.6) is 0 Å². The maximum Gasteiger partial charge on any atom is 0.348 e. The molecular weight excluding hydrogens is 323 g/mol. The molecule has 0 fully saturated rings. The van der Waals surface area contributed by atoms with Gasteiger partial charge < -0.3 is 5.32 Å². The summed E-state index contributed by atoms with van der Waals surface area (Å²) in [6.45, 7) is 0. The summed E-state index contributed by atoms with van der Waals surface area (Å²) in [5.74, 6) is 0.0538. The molecule has 0 aliphatic carbocycles. The average molecular weight is 330 g/mol. The number of nitrogens with one attached hydrogen (secondary N) is 1. The molecule has 0 spiro atoms. The molecule has 0 unspecified atom stereocenters. The Hall–Kier alpha value is -1.73. The van der Waals surface area contributed by atoms with Crippen LogP contribution < -0.4 is 5.32 Å². The fraction of sp³-hybridized carbons (Fsp3) is 0. The number of aromatic nitrogens is 2. The lowest BCUT2D eigenvalue weighted by Crippen LogP contribution is -2.01. The smallest absolute Gasteiger partial charge is 0.334 e. The first-order valence-electron chi connectivity index (χ1n) is 4.75. The van der Waals surface area contributed by atoms with Gasteiger partial charge in [0.05, 0.1) is 4.92 Å². The number of nitrogens with zero attached hydrogens (tertiary/aromatic N) is 3. The maximum absolute atomic E-state index is 10.9. The van der Waals surface area contributed by atoms with Gasteiger partial charge >= 0.3 is 5.69 Å². The second-order valence-corrected chi connectivity index (χ2v) is 4.53. The number of benzene rings is 1. The lowest BCUT2D eigenvalue weighted by atomic mass is 10.3. The number of hydrogen-bond donors (Lipinski definition) is 1. The van der Waals surface area contributed by atoms with Crippen molar-refractivity contribution < 1.29 is 4.92 Å². The van der Waals surface area contributed by atoms with Crippen molar-refractivity contribution in [1.29, 1.82) is 0 Å². The normalized spacial score (nSPS) is 10.1. The highest BCUT2D eigenvalue weighted by Gasteiger charge is 2.21. The minimum atomic E-state index is -0.622. The second-order valence-electron chi connectivity index (χ2n) is 3.25. The Labute approximate surface area is 115 Å². The molecule has 0 radical (unpaired) electrons. The van der Waals surface area contributed by atoms with Crippen molar-refractivity contribution in [2.24, 2.45) is 0 Å². The number of halogens is 2. The molecule has 0 aliphatic rings. The molecule has 1 aromatic heterocycles. The average Bonchev–Trinajstić information content (AvgIpc) is 2.28. The fourth-order valence-corrected chi connectivity index (χ4v) is 1.91. The van der Waals surface area contributed by atoms with E-state index in [0.29, 0.717) is 5.69 Å². The summed E-state index contributed by atoms with van der Waals surface area (Å²) in [4.78, 5) is 17.7. The van der Waals surface area contributed by atoms with E-state index in [2.05, 4.69) is 31.2 Å². The molecule has 2 aromatic rings. The highest BCUT2D eigenvalue weighted by Crippen LogP contribution is 2.31. The lowest BCUT2D eigenvalue weighted by molar-refractivity contribution is -0.384. The van der Waals surface area contributed by atoms with Gasteiger partial charge in [-0.1, -0.05) is 33.6 Å². The first kappa shape index (κ1) is 12.7. The van der Waals surface area contributed by atoms with E-state index >= 15 is 0 Å². The van der Waals surface area contributed by atoms with E-state index in [0.717, 1.165) is 10.8 Å². The van der Waals surface area contributed by atoms with E-state index in [4.69, 9.17) is 11.6 Å². The van der Waals surface area contributed by atoms with Crippen LogP contribution in [-0.2, 0) is 0 Å². The van der Waals surface area contributed by atoms with Crippen LogP contribution in [0.25, 0.3) is 0 Å². The van der Waals surface area contributed by atoms with Crippen LogP contribution in [0.4, 0.5) is 17.2 Å². The zero-order chi connectivity index (χ0) is 13.1. The number of anilines is 2. The Kier molecular flexibility index (Phi) is 3.73. The Balaban J connectivity index is 2.40. The van der Waals surface area contributed by atoms with Gasteiger partial charge in [-0.05, 0) is 18.2 Å².